The molecule has 10 heteroatoms. The first-order valence-corrected chi connectivity index (χ1v) is 14.1. The molecule has 41 heavy (non-hydrogen) atoms. The summed E-state index contributed by atoms with van der Waals surface area (Å²) in [4.78, 5) is 41.3. The molecule has 4 rings (SSSR count). The van der Waals surface area contributed by atoms with Gasteiger partial charge >= 0.3 is 5.97 Å². The monoisotopic (exact) mass is 564 g/mol. The maximum Gasteiger partial charge on any atom is 0.303 e. The Hall–Kier alpha value is -4.08. The topological polar surface area (TPSA) is 132 Å². The summed E-state index contributed by atoms with van der Waals surface area (Å²) in [5.41, 5.74) is 4.12. The Bertz CT molecular complexity index is 1350. The molecule has 1 saturated heterocycles. The van der Waals surface area contributed by atoms with Gasteiger partial charge in [0.15, 0.2) is 5.78 Å². The van der Waals surface area contributed by atoms with Crippen LogP contribution in [0.25, 0.3) is 0 Å². The van der Waals surface area contributed by atoms with Gasteiger partial charge in [0.2, 0.25) is 0 Å². The highest BCUT2D eigenvalue weighted by atomic mass is 16.5. The van der Waals surface area contributed by atoms with Crippen LogP contribution in [0.15, 0.2) is 24.3 Å². The molecular formula is C31H40N4O6. The van der Waals surface area contributed by atoms with Gasteiger partial charge in [0.05, 0.1) is 31.5 Å². The fourth-order valence-corrected chi connectivity index (χ4v) is 5.72. The largest absolute Gasteiger partial charge is 0.494 e. The second-order valence-corrected chi connectivity index (χ2v) is 10.9. The average Bonchev–Trinajstić information content (AvgIpc) is 3.25. The zero-order valence-corrected chi connectivity index (χ0v) is 24.5. The van der Waals surface area contributed by atoms with Gasteiger partial charge < -0.3 is 29.7 Å². The number of aliphatic carboxylic acids is 1. The van der Waals surface area contributed by atoms with Crippen LogP contribution in [0.1, 0.15) is 83.4 Å². The highest BCUT2D eigenvalue weighted by Gasteiger charge is 2.31. The van der Waals surface area contributed by atoms with Crippen LogP contribution in [-0.4, -0.2) is 73.9 Å². The number of nitrogens with zero attached hydrogens (tertiary/aromatic N) is 2. The van der Waals surface area contributed by atoms with Crippen molar-refractivity contribution < 1.29 is 29.0 Å². The number of hydrogen-bond acceptors (Lipinski definition) is 7. The molecule has 0 unspecified atom stereocenters. The van der Waals surface area contributed by atoms with E-state index in [9.17, 15) is 19.5 Å². The van der Waals surface area contributed by atoms with Gasteiger partial charge in [-0.3, -0.25) is 19.8 Å². The third-order valence-corrected chi connectivity index (χ3v) is 7.91. The summed E-state index contributed by atoms with van der Waals surface area (Å²) in [6, 6.07) is 7.21. The molecule has 3 N–H and O–H groups in total. The number of ether oxygens (including phenoxy) is 2. The van der Waals surface area contributed by atoms with Crippen molar-refractivity contribution in [2.45, 2.75) is 52.5 Å². The van der Waals surface area contributed by atoms with Crippen molar-refractivity contribution >= 4 is 29.2 Å². The van der Waals surface area contributed by atoms with Gasteiger partial charge in [0.1, 0.15) is 17.3 Å². The molecule has 0 aromatic heterocycles. The molecule has 0 saturated carbocycles. The predicted molar refractivity (Wildman–Crippen MR) is 157 cm³/mol. The van der Waals surface area contributed by atoms with Crippen LogP contribution in [0.5, 0.6) is 11.5 Å². The Morgan fingerprint density at radius 2 is 1.85 bits per heavy atom. The number of methoxy groups -OCH3 is 1. The number of Topliss-reactive ketones (excluding diaryl/α,β-unsaturated/α-hetero) is 1. The minimum Gasteiger partial charge on any atom is -0.494 e. The minimum absolute atomic E-state index is 0.0107. The van der Waals surface area contributed by atoms with Gasteiger partial charge in [-0.05, 0) is 67.0 Å². The summed E-state index contributed by atoms with van der Waals surface area (Å²) >= 11 is 0. The first-order valence-electron chi connectivity index (χ1n) is 14.1. The van der Waals surface area contributed by atoms with E-state index in [4.69, 9.17) is 14.9 Å². The SMILES string of the molecule is CCOc1cc2c(cc1C(=O)NC)C(=N)N(CC(=O)c1cc(C(C)C)c(OC)c(N3CCC(CC(=O)O)CC3)c1)C2. The van der Waals surface area contributed by atoms with E-state index in [1.54, 1.807) is 31.2 Å². The molecule has 0 spiro atoms. The number of benzene rings is 2. The highest BCUT2D eigenvalue weighted by Crippen LogP contribution is 2.40. The van der Waals surface area contributed by atoms with Crippen molar-refractivity contribution in [3.8, 4) is 11.5 Å². The summed E-state index contributed by atoms with van der Waals surface area (Å²) in [5.74, 6) is 0.446. The number of anilines is 1. The van der Waals surface area contributed by atoms with Crippen LogP contribution in [-0.2, 0) is 11.3 Å². The standard InChI is InChI=1S/C31H40N4O6/c1-6-41-27-14-21-16-35(30(32)23(21)15-24(27)31(39)33-4)17-26(36)20-12-22(18(2)3)29(40-5)25(13-20)34-9-7-19(8-10-34)11-28(37)38/h12-15,18-19,32H,6-11,16-17H2,1-5H3,(H,33,39)(H,37,38). The normalized spacial score (nSPS) is 15.2. The third kappa shape index (κ3) is 6.31. The Morgan fingerprint density at radius 1 is 1.15 bits per heavy atom. The Balaban J connectivity index is 1.59. The lowest BCUT2D eigenvalue weighted by Gasteiger charge is -2.35. The van der Waals surface area contributed by atoms with E-state index in [0.29, 0.717) is 48.7 Å². The molecule has 2 aliphatic heterocycles. The quantitative estimate of drug-likeness (QED) is 0.345. The number of ketones is 1. The molecule has 2 aromatic rings. The number of hydrogen-bond donors (Lipinski definition) is 3. The number of carbonyl (C=O) groups excluding carboxylic acids is 2. The van der Waals surface area contributed by atoms with E-state index < -0.39 is 5.97 Å². The summed E-state index contributed by atoms with van der Waals surface area (Å²) in [5, 5.41) is 20.6. The van der Waals surface area contributed by atoms with E-state index in [0.717, 1.165) is 35.4 Å². The lowest BCUT2D eigenvalue weighted by Crippen LogP contribution is -2.35. The van der Waals surface area contributed by atoms with Crippen LogP contribution in [0, 0.1) is 11.3 Å². The van der Waals surface area contributed by atoms with Crippen molar-refractivity contribution in [1.82, 2.24) is 10.2 Å². The number of carboxylic acids is 1. The molecule has 0 radical (unpaired) electrons. The van der Waals surface area contributed by atoms with Gasteiger partial charge in [-0.1, -0.05) is 13.8 Å². The van der Waals surface area contributed by atoms with Gasteiger partial charge in [-0.25, -0.2) is 0 Å². The number of carboxylic acid groups (broad SMARTS) is 1. The lowest BCUT2D eigenvalue weighted by molar-refractivity contribution is -0.138. The summed E-state index contributed by atoms with van der Waals surface area (Å²) in [7, 11) is 3.18. The maximum atomic E-state index is 13.7. The molecule has 2 aromatic carbocycles. The number of nitrogens with one attached hydrogen (secondary N) is 2. The van der Waals surface area contributed by atoms with Crippen molar-refractivity contribution in [3.63, 3.8) is 0 Å². The number of rotatable bonds is 11. The smallest absolute Gasteiger partial charge is 0.303 e. The molecule has 0 atom stereocenters. The summed E-state index contributed by atoms with van der Waals surface area (Å²) < 4.78 is 11.5. The molecule has 220 valence electrons. The average molecular weight is 565 g/mol. The first-order chi connectivity index (χ1) is 19.6. The first kappa shape index (κ1) is 29.9. The zero-order valence-electron chi connectivity index (χ0n) is 24.5. The van der Waals surface area contributed by atoms with Crippen LogP contribution in [0.4, 0.5) is 5.69 Å². The molecule has 0 bridgehead atoms. The highest BCUT2D eigenvalue weighted by molar-refractivity contribution is 6.08. The minimum atomic E-state index is -0.774. The van der Waals surface area contributed by atoms with Crippen LogP contribution in [0.2, 0.25) is 0 Å². The zero-order chi connectivity index (χ0) is 29.8. The number of amides is 1. The van der Waals surface area contributed by atoms with E-state index in [1.807, 2.05) is 19.1 Å². The molecule has 0 aliphatic carbocycles. The van der Waals surface area contributed by atoms with E-state index in [1.165, 1.54) is 0 Å². The fraction of sp³-hybridized carbons (Fsp3) is 0.484. The van der Waals surface area contributed by atoms with Gasteiger partial charge in [0.25, 0.3) is 5.91 Å². The van der Waals surface area contributed by atoms with Crippen LogP contribution < -0.4 is 19.7 Å². The Kier molecular flexibility index (Phi) is 9.20. The molecular weight excluding hydrogens is 524 g/mol. The molecule has 2 aliphatic rings. The van der Waals surface area contributed by atoms with Crippen molar-refractivity contribution in [1.29, 1.82) is 5.41 Å². The van der Waals surface area contributed by atoms with E-state index >= 15 is 0 Å². The van der Waals surface area contributed by atoms with E-state index in [-0.39, 0.29) is 42.3 Å². The second-order valence-electron chi connectivity index (χ2n) is 10.9. The second kappa shape index (κ2) is 12.6. The predicted octanol–water partition coefficient (Wildman–Crippen LogP) is 4.29. The molecule has 2 heterocycles. The Morgan fingerprint density at radius 3 is 2.44 bits per heavy atom. The molecule has 10 nitrogen and oxygen atoms in total. The fourth-order valence-electron chi connectivity index (χ4n) is 5.72. The number of fused-ring (bicyclic) bond motifs is 1. The van der Waals surface area contributed by atoms with Crippen LogP contribution >= 0.6 is 0 Å². The number of piperidine rings is 1. The molecule has 1 amide bonds. The van der Waals surface area contributed by atoms with Crippen molar-refractivity contribution in [2.24, 2.45) is 5.92 Å². The lowest BCUT2D eigenvalue weighted by atomic mass is 9.91. The third-order valence-electron chi connectivity index (χ3n) is 7.91. The molecule has 1 fully saturated rings. The number of amidine groups is 1. The van der Waals surface area contributed by atoms with Crippen LogP contribution in [0.3, 0.4) is 0 Å². The van der Waals surface area contributed by atoms with Gasteiger partial charge in [-0.15, -0.1) is 0 Å². The summed E-state index contributed by atoms with van der Waals surface area (Å²) in [6.07, 6.45) is 1.69. The maximum absolute atomic E-state index is 13.7. The van der Waals surface area contributed by atoms with E-state index in [2.05, 4.69) is 24.1 Å². The van der Waals surface area contributed by atoms with Crippen molar-refractivity contribution in [3.05, 3.63) is 52.1 Å². The Labute approximate surface area is 241 Å². The summed E-state index contributed by atoms with van der Waals surface area (Å²) in [6.45, 7) is 8.11. The van der Waals surface area contributed by atoms with Gasteiger partial charge in [0, 0.05) is 44.2 Å². The van der Waals surface area contributed by atoms with Crippen molar-refractivity contribution in [2.75, 3.05) is 45.3 Å². The number of carbonyl (C=O) groups is 3. The van der Waals surface area contributed by atoms with Gasteiger partial charge in [-0.2, -0.15) is 0 Å².